The Kier molecular flexibility index (Phi) is 8.34. The molecule has 2 N–H and O–H groups in total. The number of para-hydroxylation sites is 1. The molecule has 0 saturated carbocycles. The molecule has 0 aliphatic carbocycles. The SMILES string of the molecule is COc1ccc(-n2c(SCc3cncs3)nnc2C(Cc2ccccc2)NC(=O)Cc2c(C)[nH]c3ccccc23)cc1. The maximum Gasteiger partial charge on any atom is 0.225 e. The van der Waals surface area contributed by atoms with Crippen LogP contribution < -0.4 is 10.1 Å². The minimum absolute atomic E-state index is 0.0769. The van der Waals surface area contributed by atoms with Crippen molar-refractivity contribution in [1.29, 1.82) is 0 Å². The number of H-pyrrole nitrogens is 1. The summed E-state index contributed by atoms with van der Waals surface area (Å²) in [5.41, 5.74) is 6.83. The second kappa shape index (κ2) is 12.6. The minimum Gasteiger partial charge on any atom is -0.497 e. The van der Waals surface area contributed by atoms with Crippen molar-refractivity contribution in [1.82, 2.24) is 30.0 Å². The summed E-state index contributed by atoms with van der Waals surface area (Å²) in [6.07, 6.45) is 2.69. The first-order valence-electron chi connectivity index (χ1n) is 13.6. The van der Waals surface area contributed by atoms with Crippen LogP contribution in [-0.2, 0) is 23.4 Å². The average molecular weight is 595 g/mol. The molecule has 0 fully saturated rings. The van der Waals surface area contributed by atoms with Crippen LogP contribution in [0.15, 0.2) is 95.7 Å². The van der Waals surface area contributed by atoms with E-state index in [4.69, 9.17) is 4.74 Å². The van der Waals surface area contributed by atoms with Gasteiger partial charge >= 0.3 is 0 Å². The van der Waals surface area contributed by atoms with Crippen LogP contribution in [0, 0.1) is 6.92 Å². The molecule has 3 aromatic carbocycles. The van der Waals surface area contributed by atoms with Gasteiger partial charge in [0.2, 0.25) is 5.91 Å². The standard InChI is InChI=1S/C32H30N6O2S2/c1-21-27(26-10-6-7-11-28(26)34-21)17-30(39)35-29(16-22-8-4-3-5-9-22)31-36-37-32(41-19-25-18-33-20-42-25)38(31)23-12-14-24(40-2)15-13-23/h3-15,18,20,29,34H,16-17,19H2,1-2H3,(H,35,39). The van der Waals surface area contributed by atoms with Crippen molar-refractivity contribution >= 4 is 39.9 Å². The number of nitrogens with one attached hydrogen (secondary N) is 2. The molecular formula is C32H30N6O2S2. The lowest BCUT2D eigenvalue weighted by molar-refractivity contribution is -0.121. The molecule has 0 bridgehead atoms. The highest BCUT2D eigenvalue weighted by molar-refractivity contribution is 7.98. The molecule has 42 heavy (non-hydrogen) atoms. The van der Waals surface area contributed by atoms with Gasteiger partial charge in [0.05, 0.1) is 25.1 Å². The monoisotopic (exact) mass is 594 g/mol. The third kappa shape index (κ3) is 6.09. The van der Waals surface area contributed by atoms with Gasteiger partial charge in [0, 0.05) is 39.1 Å². The van der Waals surface area contributed by atoms with Gasteiger partial charge in [-0.2, -0.15) is 0 Å². The van der Waals surface area contributed by atoms with Gasteiger partial charge in [0.25, 0.3) is 0 Å². The van der Waals surface area contributed by atoms with Gasteiger partial charge in [-0.15, -0.1) is 21.5 Å². The molecule has 1 atom stereocenters. The number of methoxy groups -OCH3 is 1. The number of benzene rings is 3. The molecule has 6 aromatic rings. The summed E-state index contributed by atoms with van der Waals surface area (Å²) in [5, 5.41) is 14.4. The highest BCUT2D eigenvalue weighted by Gasteiger charge is 2.26. The normalized spacial score (nSPS) is 12.0. The molecule has 0 aliphatic heterocycles. The van der Waals surface area contributed by atoms with Crippen LogP contribution in [0.25, 0.3) is 16.6 Å². The van der Waals surface area contributed by atoms with Gasteiger partial charge in [-0.1, -0.05) is 60.3 Å². The number of aryl methyl sites for hydroxylation is 1. The summed E-state index contributed by atoms with van der Waals surface area (Å²) in [4.78, 5) is 22.4. The van der Waals surface area contributed by atoms with E-state index >= 15 is 0 Å². The number of carbonyl (C=O) groups is 1. The van der Waals surface area contributed by atoms with E-state index in [1.807, 2.05) is 83.9 Å². The van der Waals surface area contributed by atoms with Crippen LogP contribution in [0.1, 0.15) is 33.6 Å². The zero-order valence-electron chi connectivity index (χ0n) is 23.3. The van der Waals surface area contributed by atoms with Crippen molar-refractivity contribution < 1.29 is 9.53 Å². The smallest absolute Gasteiger partial charge is 0.225 e. The van der Waals surface area contributed by atoms with Gasteiger partial charge in [-0.25, -0.2) is 0 Å². The first-order chi connectivity index (χ1) is 20.6. The number of thiazole rings is 1. The predicted octanol–water partition coefficient (Wildman–Crippen LogP) is 6.46. The maximum absolute atomic E-state index is 13.7. The number of rotatable bonds is 11. The molecule has 8 nitrogen and oxygen atoms in total. The Bertz CT molecular complexity index is 1780. The molecule has 0 radical (unpaired) electrons. The van der Waals surface area contributed by atoms with Crippen LogP contribution in [0.5, 0.6) is 5.75 Å². The molecule has 1 amide bonds. The second-order valence-corrected chi connectivity index (χ2v) is 11.8. The molecule has 0 aliphatic rings. The molecule has 6 rings (SSSR count). The van der Waals surface area contributed by atoms with Gasteiger partial charge in [0.15, 0.2) is 11.0 Å². The highest BCUT2D eigenvalue weighted by atomic mass is 32.2. The number of amides is 1. The number of hydrogen-bond donors (Lipinski definition) is 2. The van der Waals surface area contributed by atoms with Gasteiger partial charge < -0.3 is 15.0 Å². The van der Waals surface area contributed by atoms with E-state index in [2.05, 4.69) is 43.7 Å². The highest BCUT2D eigenvalue weighted by Crippen LogP contribution is 2.31. The number of thioether (sulfide) groups is 1. The van der Waals surface area contributed by atoms with Gasteiger partial charge in [-0.3, -0.25) is 14.3 Å². The average Bonchev–Trinajstić information content (AvgIpc) is 3.76. The summed E-state index contributed by atoms with van der Waals surface area (Å²) in [6, 6.07) is 25.6. The van der Waals surface area contributed by atoms with E-state index in [0.717, 1.165) is 49.2 Å². The summed E-state index contributed by atoms with van der Waals surface area (Å²) >= 11 is 3.20. The lowest BCUT2D eigenvalue weighted by Gasteiger charge is -2.20. The minimum atomic E-state index is -0.419. The third-order valence-corrected chi connectivity index (χ3v) is 9.05. The Morgan fingerprint density at radius 3 is 2.60 bits per heavy atom. The Morgan fingerprint density at radius 2 is 1.83 bits per heavy atom. The van der Waals surface area contributed by atoms with E-state index in [9.17, 15) is 4.79 Å². The third-order valence-electron chi connectivity index (χ3n) is 7.11. The first kappa shape index (κ1) is 27.7. The van der Waals surface area contributed by atoms with Crippen molar-refractivity contribution in [3.8, 4) is 11.4 Å². The lowest BCUT2D eigenvalue weighted by Crippen LogP contribution is -2.33. The molecular weight excluding hydrogens is 565 g/mol. The van der Waals surface area contributed by atoms with Crippen molar-refractivity contribution in [3.63, 3.8) is 0 Å². The van der Waals surface area contributed by atoms with Crippen LogP contribution in [0.4, 0.5) is 0 Å². The van der Waals surface area contributed by atoms with E-state index in [1.165, 1.54) is 0 Å². The van der Waals surface area contributed by atoms with Crippen molar-refractivity contribution in [3.05, 3.63) is 118 Å². The molecule has 0 spiro atoms. The molecule has 3 heterocycles. The quantitative estimate of drug-likeness (QED) is 0.167. The first-order valence-corrected chi connectivity index (χ1v) is 15.4. The molecule has 212 valence electrons. The molecule has 0 saturated heterocycles. The Hall–Kier alpha value is -4.41. The largest absolute Gasteiger partial charge is 0.497 e. The molecule has 1 unspecified atom stereocenters. The fraction of sp³-hybridized carbons (Fsp3) is 0.188. The summed E-state index contributed by atoms with van der Waals surface area (Å²) < 4.78 is 7.44. The number of nitrogens with zero attached hydrogens (tertiary/aromatic N) is 4. The fourth-order valence-corrected chi connectivity index (χ4v) is 6.65. The lowest BCUT2D eigenvalue weighted by atomic mass is 10.0. The number of hydrogen-bond acceptors (Lipinski definition) is 7. The molecule has 10 heteroatoms. The summed E-state index contributed by atoms with van der Waals surface area (Å²) in [5.74, 6) is 2.07. The summed E-state index contributed by atoms with van der Waals surface area (Å²) in [6.45, 7) is 2.01. The van der Waals surface area contributed by atoms with E-state index in [-0.39, 0.29) is 12.3 Å². The zero-order valence-corrected chi connectivity index (χ0v) is 24.9. The Balaban J connectivity index is 1.36. The van der Waals surface area contributed by atoms with E-state index in [0.29, 0.717) is 18.0 Å². The number of aromatic nitrogens is 5. The Morgan fingerprint density at radius 1 is 1.05 bits per heavy atom. The zero-order chi connectivity index (χ0) is 28.9. The van der Waals surface area contributed by atoms with Crippen LogP contribution in [0.2, 0.25) is 0 Å². The predicted molar refractivity (Wildman–Crippen MR) is 167 cm³/mol. The summed E-state index contributed by atoms with van der Waals surface area (Å²) in [7, 11) is 1.65. The van der Waals surface area contributed by atoms with Crippen LogP contribution >= 0.6 is 23.1 Å². The van der Waals surface area contributed by atoms with Crippen molar-refractivity contribution in [2.75, 3.05) is 7.11 Å². The van der Waals surface area contributed by atoms with Gasteiger partial charge in [0.1, 0.15) is 5.75 Å². The second-order valence-electron chi connectivity index (χ2n) is 9.89. The van der Waals surface area contributed by atoms with E-state index < -0.39 is 6.04 Å². The fourth-order valence-electron chi connectivity index (χ4n) is 5.05. The Labute approximate surface area is 252 Å². The molecule has 3 aromatic heterocycles. The van der Waals surface area contributed by atoms with Crippen LogP contribution in [-0.4, -0.2) is 37.7 Å². The number of fused-ring (bicyclic) bond motifs is 1. The van der Waals surface area contributed by atoms with Crippen molar-refractivity contribution in [2.24, 2.45) is 0 Å². The number of carbonyl (C=O) groups excluding carboxylic acids is 1. The number of ether oxygens (including phenoxy) is 1. The topological polar surface area (TPSA) is 97.7 Å². The van der Waals surface area contributed by atoms with Crippen molar-refractivity contribution in [2.45, 2.75) is 36.7 Å². The maximum atomic E-state index is 13.7. The van der Waals surface area contributed by atoms with Gasteiger partial charge in [-0.05, 0) is 54.8 Å². The van der Waals surface area contributed by atoms with Crippen LogP contribution in [0.3, 0.4) is 0 Å². The van der Waals surface area contributed by atoms with E-state index in [1.54, 1.807) is 30.2 Å². The number of aromatic amines is 1.